The van der Waals surface area contributed by atoms with E-state index in [1.54, 1.807) is 11.3 Å². The summed E-state index contributed by atoms with van der Waals surface area (Å²) in [6.07, 6.45) is 1.20. The first-order valence-corrected chi connectivity index (χ1v) is 6.68. The van der Waals surface area contributed by atoms with Crippen molar-refractivity contribution in [3.8, 4) is 0 Å². The van der Waals surface area contributed by atoms with Crippen molar-refractivity contribution in [3.63, 3.8) is 0 Å². The summed E-state index contributed by atoms with van der Waals surface area (Å²) in [6.45, 7) is 15.3. The van der Waals surface area contributed by atoms with Gasteiger partial charge in [-0.05, 0) is 23.8 Å². The van der Waals surface area contributed by atoms with E-state index in [0.29, 0.717) is 11.8 Å². The molecule has 0 aromatic carbocycles. The van der Waals surface area contributed by atoms with Crippen molar-refractivity contribution in [2.75, 3.05) is 20.3 Å². The second-order valence-electron chi connectivity index (χ2n) is 4.83. The van der Waals surface area contributed by atoms with Gasteiger partial charge in [-0.2, -0.15) is 0 Å². The minimum Gasteiger partial charge on any atom is -0.365 e. The van der Waals surface area contributed by atoms with Crippen molar-refractivity contribution in [2.45, 2.75) is 48.0 Å². The Labute approximate surface area is 102 Å². The van der Waals surface area contributed by atoms with Crippen LogP contribution in [-0.2, 0) is 0 Å². The van der Waals surface area contributed by atoms with E-state index in [1.165, 1.54) is 6.42 Å². The smallest absolute Gasteiger partial charge is 0.0676 e. The second kappa shape index (κ2) is 7.72. The summed E-state index contributed by atoms with van der Waals surface area (Å²) in [5, 5.41) is 3.45. The molecule has 1 heterocycles. The summed E-state index contributed by atoms with van der Waals surface area (Å²) in [6, 6.07) is 0. The van der Waals surface area contributed by atoms with Gasteiger partial charge in [0.25, 0.3) is 0 Å². The molecule has 0 radical (unpaired) electrons. The Morgan fingerprint density at radius 3 is 2.06 bits per heavy atom. The van der Waals surface area contributed by atoms with Gasteiger partial charge < -0.3 is 4.90 Å². The lowest BCUT2D eigenvalue weighted by atomic mass is 9.93. The number of nitrogens with zero attached hydrogens (tertiary/aromatic N) is 1. The molecule has 0 aromatic rings. The molecule has 1 N–H and O–H groups in total. The van der Waals surface area contributed by atoms with Gasteiger partial charge in [0, 0.05) is 19.3 Å². The van der Waals surface area contributed by atoms with E-state index in [1.807, 2.05) is 13.8 Å². The third-order valence-electron chi connectivity index (χ3n) is 2.90. The zero-order chi connectivity index (χ0) is 12.7. The minimum atomic E-state index is 0.636. The van der Waals surface area contributed by atoms with Gasteiger partial charge in [0.1, 0.15) is 0 Å². The number of rotatable bonds is 2. The Morgan fingerprint density at radius 1 is 1.06 bits per heavy atom. The van der Waals surface area contributed by atoms with E-state index in [4.69, 9.17) is 0 Å². The van der Waals surface area contributed by atoms with Crippen molar-refractivity contribution in [3.05, 3.63) is 11.3 Å². The van der Waals surface area contributed by atoms with Gasteiger partial charge in [0.15, 0.2) is 0 Å². The fraction of sp³-hybridized carbons (Fsp3) is 0.857. The van der Waals surface area contributed by atoms with Gasteiger partial charge in [-0.15, -0.1) is 0 Å². The number of nitrogens with one attached hydrogen (secondary N) is 1. The lowest BCUT2D eigenvalue weighted by Gasteiger charge is -2.27. The van der Waals surface area contributed by atoms with Crippen molar-refractivity contribution >= 4 is 0 Å². The molecule has 2 nitrogen and oxygen atoms in total. The molecule has 16 heavy (non-hydrogen) atoms. The molecule has 0 fully saturated rings. The Bertz CT molecular complexity index is 217. The largest absolute Gasteiger partial charge is 0.365 e. The third kappa shape index (κ3) is 4.17. The molecule has 2 heteroatoms. The summed E-state index contributed by atoms with van der Waals surface area (Å²) < 4.78 is 0. The fourth-order valence-electron chi connectivity index (χ4n) is 2.32. The highest BCUT2D eigenvalue weighted by atomic mass is 15.2. The predicted molar refractivity (Wildman–Crippen MR) is 73.3 cm³/mol. The van der Waals surface area contributed by atoms with Crippen LogP contribution in [0, 0.1) is 11.8 Å². The lowest BCUT2D eigenvalue weighted by Crippen LogP contribution is -2.30. The molecule has 1 rings (SSSR count). The summed E-state index contributed by atoms with van der Waals surface area (Å²) in [4.78, 5) is 2.37. The van der Waals surface area contributed by atoms with Gasteiger partial charge in [-0.25, -0.2) is 0 Å². The maximum absolute atomic E-state index is 3.45. The van der Waals surface area contributed by atoms with E-state index in [-0.39, 0.29) is 0 Å². The van der Waals surface area contributed by atoms with E-state index in [2.05, 4.69) is 45.0 Å². The van der Waals surface area contributed by atoms with Crippen LogP contribution < -0.4 is 5.32 Å². The molecule has 0 aliphatic carbocycles. The van der Waals surface area contributed by atoms with Crippen molar-refractivity contribution in [1.82, 2.24) is 10.2 Å². The van der Waals surface area contributed by atoms with Crippen LogP contribution in [0.1, 0.15) is 48.0 Å². The SMILES string of the molecule is CC.CC(C)C1=C(C(C)C)N(C)CNCC1. The number of hydrogen-bond donors (Lipinski definition) is 1. The standard InChI is InChI=1S/C12H24N2.C2H6/c1-9(2)11-6-7-13-8-14(5)12(11)10(3)4;1-2/h9-10,13H,6-8H2,1-5H3;1-2H3. The number of hydrogen-bond acceptors (Lipinski definition) is 2. The first-order valence-electron chi connectivity index (χ1n) is 6.68. The first-order chi connectivity index (χ1) is 7.54. The fourth-order valence-corrected chi connectivity index (χ4v) is 2.32. The van der Waals surface area contributed by atoms with Crippen LogP contribution in [0.25, 0.3) is 0 Å². The van der Waals surface area contributed by atoms with Crippen LogP contribution in [0.4, 0.5) is 0 Å². The van der Waals surface area contributed by atoms with Crippen molar-refractivity contribution in [1.29, 1.82) is 0 Å². The highest BCUT2D eigenvalue weighted by molar-refractivity contribution is 5.18. The quantitative estimate of drug-likeness (QED) is 0.775. The molecule has 0 spiro atoms. The maximum atomic E-state index is 3.45. The van der Waals surface area contributed by atoms with Gasteiger partial charge in [0.05, 0.1) is 6.67 Å². The van der Waals surface area contributed by atoms with Gasteiger partial charge >= 0.3 is 0 Å². The van der Waals surface area contributed by atoms with Crippen LogP contribution in [0.5, 0.6) is 0 Å². The van der Waals surface area contributed by atoms with Gasteiger partial charge in [-0.1, -0.05) is 41.5 Å². The van der Waals surface area contributed by atoms with Crippen LogP contribution in [0.2, 0.25) is 0 Å². The molecule has 0 saturated carbocycles. The van der Waals surface area contributed by atoms with E-state index < -0.39 is 0 Å². The highest BCUT2D eigenvalue weighted by Gasteiger charge is 2.19. The Kier molecular flexibility index (Phi) is 7.48. The molecular weight excluding hydrogens is 196 g/mol. The summed E-state index contributed by atoms with van der Waals surface area (Å²) in [7, 11) is 2.19. The Balaban J connectivity index is 0.00000106. The van der Waals surface area contributed by atoms with Gasteiger partial charge in [-0.3, -0.25) is 5.32 Å². The normalized spacial score (nSPS) is 17.4. The summed E-state index contributed by atoms with van der Waals surface area (Å²) in [5.41, 5.74) is 3.18. The molecule has 0 amide bonds. The molecule has 0 saturated heterocycles. The summed E-state index contributed by atoms with van der Waals surface area (Å²) >= 11 is 0. The Morgan fingerprint density at radius 2 is 1.62 bits per heavy atom. The minimum absolute atomic E-state index is 0.636. The van der Waals surface area contributed by atoms with E-state index in [0.717, 1.165) is 13.2 Å². The lowest BCUT2D eigenvalue weighted by molar-refractivity contribution is 0.351. The molecule has 96 valence electrons. The molecule has 0 unspecified atom stereocenters. The number of allylic oxidation sites excluding steroid dienone is 1. The average molecular weight is 226 g/mol. The first kappa shape index (κ1) is 15.5. The Hall–Kier alpha value is -0.500. The molecule has 1 aliphatic rings. The van der Waals surface area contributed by atoms with E-state index in [9.17, 15) is 0 Å². The monoisotopic (exact) mass is 226 g/mol. The summed E-state index contributed by atoms with van der Waals surface area (Å²) in [5.74, 6) is 1.31. The van der Waals surface area contributed by atoms with E-state index >= 15 is 0 Å². The topological polar surface area (TPSA) is 15.3 Å². The molecular formula is C14H30N2. The molecule has 1 aliphatic heterocycles. The molecule has 0 aromatic heterocycles. The van der Waals surface area contributed by atoms with Crippen LogP contribution in [0.3, 0.4) is 0 Å². The third-order valence-corrected chi connectivity index (χ3v) is 2.90. The maximum Gasteiger partial charge on any atom is 0.0676 e. The zero-order valence-corrected chi connectivity index (χ0v) is 12.2. The predicted octanol–water partition coefficient (Wildman–Crippen LogP) is 3.46. The van der Waals surface area contributed by atoms with Gasteiger partial charge in [0.2, 0.25) is 0 Å². The molecule has 0 atom stereocenters. The average Bonchev–Trinajstić information content (AvgIpc) is 2.42. The second-order valence-corrected chi connectivity index (χ2v) is 4.83. The molecule has 0 bridgehead atoms. The van der Waals surface area contributed by atoms with Crippen LogP contribution >= 0.6 is 0 Å². The van der Waals surface area contributed by atoms with Crippen LogP contribution in [0.15, 0.2) is 11.3 Å². The highest BCUT2D eigenvalue weighted by Crippen LogP contribution is 2.27. The van der Waals surface area contributed by atoms with Crippen molar-refractivity contribution < 1.29 is 0 Å². The van der Waals surface area contributed by atoms with Crippen LogP contribution in [-0.4, -0.2) is 25.2 Å². The van der Waals surface area contributed by atoms with Crippen molar-refractivity contribution in [2.24, 2.45) is 11.8 Å². The zero-order valence-electron chi connectivity index (χ0n) is 12.2.